The van der Waals surface area contributed by atoms with Crippen LogP contribution in [0.2, 0.25) is 0 Å². The third-order valence-corrected chi connectivity index (χ3v) is 5.73. The molecule has 0 aliphatic heterocycles. The lowest BCUT2D eigenvalue weighted by atomic mass is 10.1. The Morgan fingerprint density at radius 2 is 1.88 bits per heavy atom. The number of anilines is 1. The molecule has 1 N–H and O–H groups in total. The zero-order valence-electron chi connectivity index (χ0n) is 19.1. The van der Waals surface area contributed by atoms with Crippen molar-refractivity contribution in [3.63, 3.8) is 0 Å². The predicted molar refractivity (Wildman–Crippen MR) is 130 cm³/mol. The van der Waals surface area contributed by atoms with Gasteiger partial charge in [0.15, 0.2) is 5.82 Å². The second-order valence-corrected chi connectivity index (χ2v) is 8.15. The van der Waals surface area contributed by atoms with Crippen LogP contribution in [-0.4, -0.2) is 25.1 Å². The molecular weight excluding hydrogens is 414 g/mol. The fourth-order valence-corrected chi connectivity index (χ4v) is 3.96. The molecule has 1 amide bonds. The minimum Gasteiger partial charge on any atom is -0.326 e. The molecule has 7 nitrogen and oxygen atoms in total. The van der Waals surface area contributed by atoms with Crippen LogP contribution < -0.4 is 10.9 Å². The monoisotopic (exact) mass is 441 g/mol. The number of allylic oxidation sites excluding steroid dienone is 1. The van der Waals surface area contributed by atoms with Crippen LogP contribution in [0, 0.1) is 20.8 Å². The number of hydrogen-bond donors (Lipinski definition) is 1. The number of aromatic nitrogens is 4. The summed E-state index contributed by atoms with van der Waals surface area (Å²) in [5, 5.41) is 7.43. The van der Waals surface area contributed by atoms with Crippen molar-refractivity contribution in [3.8, 4) is 11.4 Å². The number of fused-ring (bicyclic) bond motifs is 1. The molecule has 0 aliphatic rings. The minimum atomic E-state index is -0.253. The van der Waals surface area contributed by atoms with Gasteiger partial charge >= 0.3 is 0 Å². The Kier molecular flexibility index (Phi) is 6.22. The van der Waals surface area contributed by atoms with Crippen LogP contribution in [0.25, 0.3) is 17.2 Å². The number of amides is 1. The molecule has 0 fully saturated rings. The Morgan fingerprint density at radius 1 is 1.12 bits per heavy atom. The maximum atomic E-state index is 13.3. The minimum absolute atomic E-state index is 0.139. The summed E-state index contributed by atoms with van der Waals surface area (Å²) in [6, 6.07) is 15.4. The highest BCUT2D eigenvalue weighted by Crippen LogP contribution is 2.19. The molecular formula is C26H27N5O2. The van der Waals surface area contributed by atoms with Gasteiger partial charge in [0.25, 0.3) is 5.56 Å². The fourth-order valence-electron chi connectivity index (χ4n) is 3.96. The van der Waals surface area contributed by atoms with Crippen LogP contribution in [0.3, 0.4) is 0 Å². The Balaban J connectivity index is 1.66. The average molecular weight is 442 g/mol. The van der Waals surface area contributed by atoms with Crippen molar-refractivity contribution in [2.75, 3.05) is 5.32 Å². The van der Waals surface area contributed by atoms with Crippen molar-refractivity contribution < 1.29 is 4.79 Å². The summed E-state index contributed by atoms with van der Waals surface area (Å²) in [4.78, 5) is 30.6. The van der Waals surface area contributed by atoms with Crippen molar-refractivity contribution in [1.82, 2.24) is 19.2 Å². The first-order valence-corrected chi connectivity index (χ1v) is 10.9. The summed E-state index contributed by atoms with van der Waals surface area (Å²) in [7, 11) is 0. The molecule has 2 aromatic carbocycles. The lowest BCUT2D eigenvalue weighted by molar-refractivity contribution is -0.116. The number of nitrogens with one attached hydrogen (secondary N) is 1. The van der Waals surface area contributed by atoms with Gasteiger partial charge in [-0.2, -0.15) is 9.50 Å². The zero-order chi connectivity index (χ0) is 23.5. The quantitative estimate of drug-likeness (QED) is 0.435. The lowest BCUT2D eigenvalue weighted by Crippen LogP contribution is -2.27. The molecule has 0 aliphatic carbocycles. The Bertz CT molecular complexity index is 1400. The first-order valence-electron chi connectivity index (χ1n) is 10.9. The molecule has 0 saturated heterocycles. The van der Waals surface area contributed by atoms with Crippen LogP contribution in [-0.2, 0) is 17.8 Å². The summed E-state index contributed by atoms with van der Waals surface area (Å²) in [6.07, 6.45) is 2.24. The van der Waals surface area contributed by atoms with E-state index in [-0.39, 0.29) is 17.9 Å². The third-order valence-electron chi connectivity index (χ3n) is 5.73. The van der Waals surface area contributed by atoms with Gasteiger partial charge in [-0.15, -0.1) is 11.7 Å². The second-order valence-electron chi connectivity index (χ2n) is 8.15. The topological polar surface area (TPSA) is 81.3 Å². The summed E-state index contributed by atoms with van der Waals surface area (Å²) >= 11 is 0. The summed E-state index contributed by atoms with van der Waals surface area (Å²) in [6.45, 7) is 10.2. The van der Waals surface area contributed by atoms with E-state index in [0.717, 1.165) is 28.1 Å². The Hall–Kier alpha value is -4.00. The first-order chi connectivity index (χ1) is 15.9. The van der Waals surface area contributed by atoms with Crippen molar-refractivity contribution in [2.45, 2.75) is 40.2 Å². The molecule has 4 rings (SSSR count). The van der Waals surface area contributed by atoms with E-state index in [0.29, 0.717) is 30.1 Å². The van der Waals surface area contributed by atoms with E-state index in [1.54, 1.807) is 6.08 Å². The maximum Gasteiger partial charge on any atom is 0.279 e. The summed E-state index contributed by atoms with van der Waals surface area (Å²) in [5.74, 6) is 0.800. The van der Waals surface area contributed by atoms with E-state index < -0.39 is 0 Å². The number of hydrogen-bond acceptors (Lipinski definition) is 4. The molecule has 0 unspecified atom stereocenters. The first kappa shape index (κ1) is 22.2. The normalized spacial score (nSPS) is 11.0. The van der Waals surface area contributed by atoms with Crippen molar-refractivity contribution in [1.29, 1.82) is 0 Å². The highest BCUT2D eigenvalue weighted by atomic mass is 16.1. The van der Waals surface area contributed by atoms with Crippen LogP contribution in [0.5, 0.6) is 0 Å². The number of nitrogens with zero attached hydrogens (tertiary/aromatic N) is 4. The average Bonchev–Trinajstić information content (AvgIpc) is 3.25. The van der Waals surface area contributed by atoms with E-state index in [1.165, 1.54) is 4.52 Å². The van der Waals surface area contributed by atoms with Gasteiger partial charge in [-0.25, -0.2) is 0 Å². The van der Waals surface area contributed by atoms with E-state index in [1.807, 2.05) is 73.9 Å². The molecule has 0 saturated carbocycles. The van der Waals surface area contributed by atoms with Crippen LogP contribution in [0.4, 0.5) is 5.69 Å². The molecule has 0 atom stereocenters. The number of benzene rings is 2. The molecule has 33 heavy (non-hydrogen) atoms. The van der Waals surface area contributed by atoms with Crippen LogP contribution in [0.15, 0.2) is 66.0 Å². The van der Waals surface area contributed by atoms with Crippen molar-refractivity contribution >= 4 is 17.4 Å². The Labute approximate surface area is 192 Å². The third kappa shape index (κ3) is 4.48. The van der Waals surface area contributed by atoms with Gasteiger partial charge in [0, 0.05) is 35.5 Å². The molecule has 0 radical (unpaired) electrons. The Morgan fingerprint density at radius 3 is 2.58 bits per heavy atom. The highest BCUT2D eigenvalue weighted by molar-refractivity contribution is 5.91. The van der Waals surface area contributed by atoms with Crippen molar-refractivity contribution in [2.24, 2.45) is 0 Å². The van der Waals surface area contributed by atoms with Gasteiger partial charge in [-0.1, -0.05) is 54.1 Å². The van der Waals surface area contributed by atoms with E-state index in [9.17, 15) is 9.59 Å². The number of rotatable bonds is 7. The van der Waals surface area contributed by atoms with E-state index >= 15 is 0 Å². The van der Waals surface area contributed by atoms with Crippen molar-refractivity contribution in [3.05, 3.63) is 93.9 Å². The maximum absolute atomic E-state index is 13.3. The fraction of sp³-hybridized carbons (Fsp3) is 0.231. The second kappa shape index (κ2) is 9.24. The lowest BCUT2D eigenvalue weighted by Gasteiger charge is -2.14. The SMILES string of the molecule is C=CCn1c(C)c(CCC(=O)Nc2ccc(C)cc2C)c(=O)n2nc(-c3ccccc3)nc12. The summed E-state index contributed by atoms with van der Waals surface area (Å²) in [5.41, 5.74) is 4.81. The molecule has 4 aromatic rings. The predicted octanol–water partition coefficient (Wildman–Crippen LogP) is 4.24. The van der Waals surface area contributed by atoms with E-state index in [4.69, 9.17) is 0 Å². The van der Waals surface area contributed by atoms with Gasteiger partial charge in [0.05, 0.1) is 0 Å². The molecule has 7 heteroatoms. The number of carbonyl (C=O) groups excluding carboxylic acids is 1. The standard InChI is InChI=1S/C26H27N5O2/c1-5-15-30-19(4)21(12-14-23(32)27-22-13-11-17(2)16-18(22)3)25(33)31-26(30)28-24(29-31)20-9-7-6-8-10-20/h5-11,13,16H,1,12,14-15H2,2-4H3,(H,27,32). The number of carbonyl (C=O) groups is 1. The molecule has 168 valence electrons. The molecule has 0 bridgehead atoms. The van der Waals surface area contributed by atoms with Gasteiger partial charge in [0.1, 0.15) is 0 Å². The van der Waals surface area contributed by atoms with Crippen LogP contribution in [0.1, 0.15) is 28.8 Å². The zero-order valence-corrected chi connectivity index (χ0v) is 19.1. The van der Waals surface area contributed by atoms with Gasteiger partial charge in [-0.05, 0) is 38.8 Å². The highest BCUT2D eigenvalue weighted by Gasteiger charge is 2.19. The van der Waals surface area contributed by atoms with E-state index in [2.05, 4.69) is 22.0 Å². The largest absolute Gasteiger partial charge is 0.326 e. The van der Waals surface area contributed by atoms with Gasteiger partial charge in [0.2, 0.25) is 11.7 Å². The van der Waals surface area contributed by atoms with Gasteiger partial charge < -0.3 is 9.88 Å². The summed E-state index contributed by atoms with van der Waals surface area (Å²) < 4.78 is 3.24. The van der Waals surface area contributed by atoms with Crippen LogP contribution >= 0.6 is 0 Å². The van der Waals surface area contributed by atoms with Gasteiger partial charge in [-0.3, -0.25) is 9.59 Å². The smallest absolute Gasteiger partial charge is 0.279 e. The molecule has 2 heterocycles. The number of aryl methyl sites for hydroxylation is 2. The molecule has 0 spiro atoms. The molecule has 2 aromatic heterocycles.